The van der Waals surface area contributed by atoms with Gasteiger partial charge in [0.15, 0.2) is 11.5 Å². The van der Waals surface area contributed by atoms with Crippen LogP contribution in [0.4, 0.5) is 11.5 Å². The van der Waals surface area contributed by atoms with Gasteiger partial charge in [-0.2, -0.15) is 0 Å². The number of hydrogen-bond donors (Lipinski definition) is 3. The van der Waals surface area contributed by atoms with Crippen LogP contribution in [0.1, 0.15) is 37.9 Å². The van der Waals surface area contributed by atoms with Gasteiger partial charge in [-0.25, -0.2) is 17.7 Å². The third kappa shape index (κ3) is 6.92. The number of nitrogens with zero attached hydrogens (tertiary/aromatic N) is 2. The molecule has 42 heavy (non-hydrogen) atoms. The quantitative estimate of drug-likeness (QED) is 0.215. The molecule has 0 radical (unpaired) electrons. The van der Waals surface area contributed by atoms with Crippen molar-refractivity contribution in [2.24, 2.45) is 0 Å². The fourth-order valence-corrected chi connectivity index (χ4v) is 5.58. The molecule has 1 atom stereocenters. The summed E-state index contributed by atoms with van der Waals surface area (Å²) in [5.41, 5.74) is 7.82. The topological polar surface area (TPSA) is 136 Å². The summed E-state index contributed by atoms with van der Waals surface area (Å²) in [5, 5.41) is 7.94. The van der Waals surface area contributed by atoms with Crippen LogP contribution < -0.4 is 25.8 Å². The first-order valence-electron chi connectivity index (χ1n) is 13.6. The summed E-state index contributed by atoms with van der Waals surface area (Å²) >= 11 is 0. The van der Waals surface area contributed by atoms with E-state index in [1.54, 1.807) is 36.5 Å². The number of ether oxygens (including phenoxy) is 2. The van der Waals surface area contributed by atoms with Gasteiger partial charge in [0.25, 0.3) is 0 Å². The number of pyridine rings is 1. The Hall–Kier alpha value is -4.35. The second-order valence-electron chi connectivity index (χ2n) is 10.1. The summed E-state index contributed by atoms with van der Waals surface area (Å²) < 4.78 is 38.7. The lowest BCUT2D eigenvalue weighted by atomic mass is 10.0. The molecule has 0 aliphatic heterocycles. The minimum Gasteiger partial charge on any atom is -0.490 e. The van der Waals surface area contributed by atoms with Crippen molar-refractivity contribution < 1.29 is 22.7 Å². The van der Waals surface area contributed by atoms with Crippen molar-refractivity contribution >= 4 is 38.2 Å². The Bertz CT molecular complexity index is 1670. The molecule has 1 amide bonds. The lowest BCUT2D eigenvalue weighted by Crippen LogP contribution is -2.34. The number of aromatic nitrogens is 1. The number of nitrogen functional groups attached to an aromatic ring is 1. The molecule has 3 aromatic carbocycles. The molecule has 1 aromatic heterocycles. The molecule has 0 saturated heterocycles. The zero-order chi connectivity index (χ0) is 30.4. The molecule has 1 heterocycles. The molecule has 0 bridgehead atoms. The van der Waals surface area contributed by atoms with Gasteiger partial charge in [-0.3, -0.25) is 4.79 Å². The molecule has 0 fully saturated rings. The second kappa shape index (κ2) is 13.1. The molecular weight excluding hydrogens is 554 g/mol. The van der Waals surface area contributed by atoms with Crippen LogP contribution in [-0.2, 0) is 21.4 Å². The third-order valence-electron chi connectivity index (χ3n) is 6.52. The highest BCUT2D eigenvalue weighted by atomic mass is 32.2. The number of nitrogens with two attached hydrogens (primary N) is 1. The van der Waals surface area contributed by atoms with Crippen LogP contribution in [0.2, 0.25) is 0 Å². The van der Waals surface area contributed by atoms with E-state index in [1.165, 1.54) is 20.2 Å². The van der Waals surface area contributed by atoms with Crippen LogP contribution in [-0.4, -0.2) is 50.4 Å². The Morgan fingerprint density at radius 3 is 2.50 bits per heavy atom. The van der Waals surface area contributed by atoms with Gasteiger partial charge in [-0.15, -0.1) is 0 Å². The van der Waals surface area contributed by atoms with Crippen LogP contribution in [0.5, 0.6) is 11.5 Å². The maximum Gasteiger partial charge on any atom is 0.247 e. The van der Waals surface area contributed by atoms with E-state index in [4.69, 9.17) is 15.2 Å². The van der Waals surface area contributed by atoms with Crippen molar-refractivity contribution in [1.82, 2.24) is 14.6 Å². The fourth-order valence-electron chi connectivity index (χ4n) is 4.46. The standard InChI is InChI=1S/C31H37N5O5S/c1-6-40-27-18-22(11-14-26(27)41-20(2)3)29(35-24-12-13-25-21(17-24)15-16-33-30(25)32)31(37)34-19-23-9-7-8-10-28(23)42(38,39)36(4)5/h7-18,20,29,35H,6,19H2,1-5H3,(H2,32,33)(H,34,37). The average molecular weight is 592 g/mol. The Balaban J connectivity index is 1.70. The molecular formula is C31H37N5O5S. The number of carbonyl (C=O) groups is 1. The molecule has 0 aliphatic carbocycles. The molecule has 4 rings (SSSR count). The maximum atomic E-state index is 13.8. The van der Waals surface area contributed by atoms with Gasteiger partial charge in [-0.1, -0.05) is 24.3 Å². The monoisotopic (exact) mass is 591 g/mol. The maximum absolute atomic E-state index is 13.8. The Morgan fingerprint density at radius 1 is 1.02 bits per heavy atom. The molecule has 222 valence electrons. The summed E-state index contributed by atoms with van der Waals surface area (Å²) in [7, 11) is -0.761. The molecule has 4 N–H and O–H groups in total. The van der Waals surface area contributed by atoms with Crippen LogP contribution in [0.25, 0.3) is 10.8 Å². The number of amides is 1. The van der Waals surface area contributed by atoms with E-state index in [2.05, 4.69) is 15.6 Å². The van der Waals surface area contributed by atoms with Crippen molar-refractivity contribution in [2.45, 2.75) is 44.4 Å². The van der Waals surface area contributed by atoms with Crippen molar-refractivity contribution in [3.63, 3.8) is 0 Å². The van der Waals surface area contributed by atoms with Crippen LogP contribution >= 0.6 is 0 Å². The van der Waals surface area contributed by atoms with Crippen molar-refractivity contribution in [1.29, 1.82) is 0 Å². The lowest BCUT2D eigenvalue weighted by molar-refractivity contribution is -0.122. The fraction of sp³-hybridized carbons (Fsp3) is 0.290. The highest BCUT2D eigenvalue weighted by molar-refractivity contribution is 7.89. The number of rotatable bonds is 12. The van der Waals surface area contributed by atoms with E-state index < -0.39 is 16.1 Å². The predicted octanol–water partition coefficient (Wildman–Crippen LogP) is 4.72. The third-order valence-corrected chi connectivity index (χ3v) is 8.43. The number of nitrogens with one attached hydrogen (secondary N) is 2. The smallest absolute Gasteiger partial charge is 0.247 e. The number of sulfonamides is 1. The molecule has 0 saturated carbocycles. The Labute approximate surface area is 246 Å². The van der Waals surface area contributed by atoms with E-state index >= 15 is 0 Å². The molecule has 1 unspecified atom stereocenters. The number of carbonyl (C=O) groups excluding carboxylic acids is 1. The van der Waals surface area contributed by atoms with Gasteiger partial charge >= 0.3 is 0 Å². The molecule has 0 spiro atoms. The Morgan fingerprint density at radius 2 is 1.79 bits per heavy atom. The van der Waals surface area contributed by atoms with Crippen LogP contribution in [0.15, 0.2) is 77.8 Å². The summed E-state index contributed by atoms with van der Waals surface area (Å²) in [4.78, 5) is 18.1. The first-order chi connectivity index (χ1) is 20.0. The van der Waals surface area contributed by atoms with Gasteiger partial charge in [0.2, 0.25) is 15.9 Å². The lowest BCUT2D eigenvalue weighted by Gasteiger charge is -2.23. The SMILES string of the molecule is CCOc1cc(C(Nc2ccc3c(N)nccc3c2)C(=O)NCc2ccccc2S(=O)(=O)N(C)C)ccc1OC(C)C. The Kier molecular flexibility index (Phi) is 9.54. The predicted molar refractivity (Wildman–Crippen MR) is 165 cm³/mol. The normalized spacial score (nSPS) is 12.4. The van der Waals surface area contributed by atoms with E-state index in [1.807, 2.05) is 51.1 Å². The number of anilines is 2. The first-order valence-corrected chi connectivity index (χ1v) is 15.1. The van der Waals surface area contributed by atoms with Crippen LogP contribution in [0, 0.1) is 0 Å². The highest BCUT2D eigenvalue weighted by Crippen LogP contribution is 2.33. The zero-order valence-electron chi connectivity index (χ0n) is 24.4. The second-order valence-corrected chi connectivity index (χ2v) is 12.2. The van der Waals surface area contributed by atoms with Crippen molar-refractivity contribution in [2.75, 3.05) is 31.8 Å². The largest absolute Gasteiger partial charge is 0.490 e. The number of benzene rings is 3. The highest BCUT2D eigenvalue weighted by Gasteiger charge is 2.25. The van der Waals surface area contributed by atoms with Gasteiger partial charge in [0, 0.05) is 37.9 Å². The van der Waals surface area contributed by atoms with Gasteiger partial charge in [0.1, 0.15) is 11.9 Å². The minimum atomic E-state index is -3.71. The van der Waals surface area contributed by atoms with E-state index in [0.717, 1.165) is 15.1 Å². The molecule has 0 aliphatic rings. The minimum absolute atomic E-state index is 0.00699. The number of fused-ring (bicyclic) bond motifs is 1. The van der Waals surface area contributed by atoms with Crippen molar-refractivity contribution in [3.8, 4) is 11.5 Å². The first kappa shape index (κ1) is 30.6. The summed E-state index contributed by atoms with van der Waals surface area (Å²) in [6, 6.07) is 18.6. The van der Waals surface area contributed by atoms with Crippen molar-refractivity contribution in [3.05, 3.63) is 84.1 Å². The van der Waals surface area contributed by atoms with E-state index in [-0.39, 0.29) is 23.5 Å². The van der Waals surface area contributed by atoms with Gasteiger partial charge in [-0.05, 0) is 79.7 Å². The van der Waals surface area contributed by atoms with E-state index in [9.17, 15) is 13.2 Å². The van der Waals surface area contributed by atoms with Gasteiger partial charge < -0.3 is 25.8 Å². The number of hydrogen-bond acceptors (Lipinski definition) is 8. The summed E-state index contributed by atoms with van der Waals surface area (Å²) in [6.07, 6.45) is 1.57. The van der Waals surface area contributed by atoms with Crippen LogP contribution in [0.3, 0.4) is 0 Å². The summed E-state index contributed by atoms with van der Waals surface area (Å²) in [5.74, 6) is 1.15. The average Bonchev–Trinajstić information content (AvgIpc) is 2.95. The summed E-state index contributed by atoms with van der Waals surface area (Å²) in [6.45, 7) is 6.16. The molecule has 10 nitrogen and oxygen atoms in total. The van der Waals surface area contributed by atoms with Gasteiger partial charge in [0.05, 0.1) is 17.6 Å². The van der Waals surface area contributed by atoms with E-state index in [0.29, 0.717) is 40.7 Å². The molecule has 4 aromatic rings. The zero-order valence-corrected chi connectivity index (χ0v) is 25.2. The molecule has 11 heteroatoms.